The quantitative estimate of drug-likeness (QED) is 0.123. The van der Waals surface area contributed by atoms with E-state index in [9.17, 15) is 45.6 Å². The van der Waals surface area contributed by atoms with Crippen molar-refractivity contribution in [1.82, 2.24) is 0 Å². The number of aliphatic hydroxyl groups excluding tert-OH is 8. The van der Waals surface area contributed by atoms with Gasteiger partial charge in [-0.3, -0.25) is 4.79 Å². The summed E-state index contributed by atoms with van der Waals surface area (Å²) in [6.45, 7) is 13.1. The maximum atomic E-state index is 11.8. The summed E-state index contributed by atoms with van der Waals surface area (Å²) < 4.78 is 55.7. The van der Waals surface area contributed by atoms with Gasteiger partial charge in [0.1, 0.15) is 54.9 Å². The van der Waals surface area contributed by atoms with Crippen LogP contribution in [0.15, 0.2) is 23.8 Å². The molecule has 5 heterocycles. The number of esters is 1. The van der Waals surface area contributed by atoms with Gasteiger partial charge in [-0.05, 0) is 73.7 Å². The Bertz CT molecular complexity index is 1750. The Morgan fingerprint density at radius 2 is 1.51 bits per heavy atom. The topological polar surface area (TPSA) is 262 Å². The Morgan fingerprint density at radius 3 is 2.24 bits per heavy atom. The van der Waals surface area contributed by atoms with E-state index in [1.54, 1.807) is 0 Å². The minimum Gasteiger partial charge on any atom is -0.457 e. The monoisotopic (exact) mass is 896 g/mol. The van der Waals surface area contributed by atoms with Gasteiger partial charge < -0.3 is 83.5 Å². The summed E-state index contributed by atoms with van der Waals surface area (Å²) in [5.41, 5.74) is 1.26. The van der Waals surface area contributed by atoms with Gasteiger partial charge in [0, 0.05) is 31.1 Å². The summed E-state index contributed by atoms with van der Waals surface area (Å²) in [5.74, 6) is -0.931. The Balaban J connectivity index is 0.995. The number of fused-ring (bicyclic) bond motifs is 7. The second kappa shape index (κ2) is 17.1. The molecule has 18 heteroatoms. The lowest BCUT2D eigenvalue weighted by atomic mass is 9.46. The van der Waals surface area contributed by atoms with Crippen molar-refractivity contribution in [3.63, 3.8) is 0 Å². The first kappa shape index (κ1) is 46.4. The number of rotatable bonds is 7. The zero-order valence-corrected chi connectivity index (χ0v) is 36.7. The number of carbonyl (C=O) groups excluding carboxylic acids is 1. The summed E-state index contributed by atoms with van der Waals surface area (Å²) in [5, 5.41) is 88.1. The van der Waals surface area contributed by atoms with Crippen LogP contribution in [0.1, 0.15) is 79.6 Å². The van der Waals surface area contributed by atoms with E-state index in [4.69, 9.17) is 42.6 Å². The minimum absolute atomic E-state index is 0.0361. The number of hydrogen-bond donors (Lipinski definition) is 8. The number of carbonyl (C=O) groups is 1. The Kier molecular flexibility index (Phi) is 12.6. The highest BCUT2D eigenvalue weighted by Crippen LogP contribution is 2.71. The zero-order chi connectivity index (χ0) is 45.1. The molecule has 9 aliphatic rings. The SMILES string of the molecule is C=C1COC2(OC3CC4C5CC=C6CC(O)CC(OC7OCC(O)C(OC8OCC(O)C(O)C8O)C7OC7OC(C)C(OC(C)=O)C(O)C7O)C6(C)C5CCC4(C)C3C2C)C(O)C1. The first-order valence-corrected chi connectivity index (χ1v) is 22.9. The number of hydrogen-bond acceptors (Lipinski definition) is 18. The normalized spacial score (nSPS) is 55.6. The van der Waals surface area contributed by atoms with Crippen LogP contribution in [0.4, 0.5) is 0 Å². The fourth-order valence-electron chi connectivity index (χ4n) is 13.9. The van der Waals surface area contributed by atoms with Crippen LogP contribution in [0.5, 0.6) is 0 Å². The van der Waals surface area contributed by atoms with E-state index in [-0.39, 0.29) is 54.8 Å². The predicted octanol–water partition coefficient (Wildman–Crippen LogP) is -0.0752. The average Bonchev–Trinajstić information content (AvgIpc) is 3.69. The van der Waals surface area contributed by atoms with Crippen molar-refractivity contribution in [3.8, 4) is 0 Å². The van der Waals surface area contributed by atoms with Crippen LogP contribution in [0.2, 0.25) is 0 Å². The van der Waals surface area contributed by atoms with Gasteiger partial charge in [-0.2, -0.15) is 0 Å². The molecule has 1 spiro atoms. The van der Waals surface area contributed by atoms with Crippen LogP contribution in [-0.2, 0) is 47.4 Å². The van der Waals surface area contributed by atoms with Gasteiger partial charge in [0.2, 0.25) is 0 Å². The number of allylic oxidation sites excluding steroid dienone is 1. The summed E-state index contributed by atoms with van der Waals surface area (Å²) in [6.07, 6.45) is -14.5. The van der Waals surface area contributed by atoms with Crippen LogP contribution < -0.4 is 0 Å². The van der Waals surface area contributed by atoms with Crippen molar-refractivity contribution in [2.45, 2.75) is 190 Å². The molecule has 3 saturated carbocycles. The maximum Gasteiger partial charge on any atom is 0.303 e. The molecule has 5 saturated heterocycles. The third-order valence-corrected chi connectivity index (χ3v) is 17.0. The van der Waals surface area contributed by atoms with Crippen LogP contribution in [0.3, 0.4) is 0 Å². The van der Waals surface area contributed by atoms with Crippen LogP contribution in [-0.4, -0.2) is 177 Å². The second-order valence-corrected chi connectivity index (χ2v) is 20.6. The molecule has 9 rings (SSSR count). The first-order valence-electron chi connectivity index (χ1n) is 22.9. The number of ether oxygens (including phenoxy) is 9. The fourth-order valence-corrected chi connectivity index (χ4v) is 13.9. The molecule has 4 aliphatic carbocycles. The third kappa shape index (κ3) is 7.60. The summed E-state index contributed by atoms with van der Waals surface area (Å²) in [4.78, 5) is 11.8. The number of aliphatic hydroxyl groups is 8. The molecular formula is C45H68O18. The molecule has 25 atom stereocenters. The van der Waals surface area contributed by atoms with Gasteiger partial charge in [0.25, 0.3) is 0 Å². The highest BCUT2D eigenvalue weighted by atomic mass is 16.8. The molecule has 0 radical (unpaired) electrons. The van der Waals surface area contributed by atoms with Gasteiger partial charge in [0.15, 0.2) is 30.8 Å². The predicted molar refractivity (Wildman–Crippen MR) is 214 cm³/mol. The molecule has 8 fully saturated rings. The lowest BCUT2D eigenvalue weighted by molar-refractivity contribution is -0.382. The van der Waals surface area contributed by atoms with Gasteiger partial charge in [-0.25, -0.2) is 0 Å². The fraction of sp³-hybridized carbons (Fsp3) is 0.889. The molecule has 18 nitrogen and oxygen atoms in total. The van der Waals surface area contributed by atoms with Crippen LogP contribution in [0.25, 0.3) is 0 Å². The van der Waals surface area contributed by atoms with E-state index in [1.165, 1.54) is 13.8 Å². The largest absolute Gasteiger partial charge is 0.457 e. The molecule has 63 heavy (non-hydrogen) atoms. The highest BCUT2D eigenvalue weighted by molar-refractivity contribution is 5.66. The summed E-state index contributed by atoms with van der Waals surface area (Å²) >= 11 is 0. The van der Waals surface area contributed by atoms with E-state index in [2.05, 4.69) is 33.4 Å². The van der Waals surface area contributed by atoms with Gasteiger partial charge in [-0.15, -0.1) is 0 Å². The van der Waals surface area contributed by atoms with Crippen molar-refractivity contribution >= 4 is 5.97 Å². The van der Waals surface area contributed by atoms with Gasteiger partial charge >= 0.3 is 5.97 Å². The van der Waals surface area contributed by atoms with E-state index < -0.39 is 115 Å². The Labute approximate surface area is 367 Å². The van der Waals surface area contributed by atoms with Crippen molar-refractivity contribution < 1.29 is 88.3 Å². The van der Waals surface area contributed by atoms with E-state index >= 15 is 0 Å². The third-order valence-electron chi connectivity index (χ3n) is 17.0. The average molecular weight is 897 g/mol. The molecule has 356 valence electrons. The molecular weight excluding hydrogens is 828 g/mol. The Morgan fingerprint density at radius 1 is 0.810 bits per heavy atom. The second-order valence-electron chi connectivity index (χ2n) is 20.6. The van der Waals surface area contributed by atoms with Crippen LogP contribution >= 0.6 is 0 Å². The summed E-state index contributed by atoms with van der Waals surface area (Å²) in [7, 11) is 0. The standard InChI is InChI=1S/C45H68O18/c1-18-11-30(50)45(57-15-18)19(2)32-29(63-45)14-26-24-8-7-22-12-23(47)13-31(44(22,6)25(24)9-10-43(26,32)5)60-42-39(62-41-36(54)34(52)37(20(3)58-41)59-21(4)46)38(28(49)17-56-42)61-40-35(53)33(51)27(48)16-55-40/h7,19-20,23-42,47-54H,1,8-17H2,2-6H3. The zero-order valence-electron chi connectivity index (χ0n) is 36.7. The lowest BCUT2D eigenvalue weighted by Crippen LogP contribution is -2.65. The maximum absolute atomic E-state index is 11.8. The molecule has 0 bridgehead atoms. The highest BCUT2D eigenvalue weighted by Gasteiger charge is 2.71. The molecule has 0 amide bonds. The molecule has 0 aromatic carbocycles. The van der Waals surface area contributed by atoms with Crippen LogP contribution in [0, 0.1) is 40.4 Å². The van der Waals surface area contributed by atoms with E-state index in [0.717, 1.165) is 36.8 Å². The Hall–Kier alpha value is -1.69. The van der Waals surface area contributed by atoms with Crippen molar-refractivity contribution in [2.24, 2.45) is 40.4 Å². The van der Waals surface area contributed by atoms with Crippen molar-refractivity contribution in [2.75, 3.05) is 19.8 Å². The molecule has 0 aromatic rings. The molecule has 0 aromatic heterocycles. The van der Waals surface area contributed by atoms with Gasteiger partial charge in [-0.1, -0.05) is 39.0 Å². The smallest absolute Gasteiger partial charge is 0.303 e. The van der Waals surface area contributed by atoms with E-state index in [0.29, 0.717) is 25.4 Å². The minimum atomic E-state index is -1.77. The van der Waals surface area contributed by atoms with E-state index in [1.807, 2.05) is 0 Å². The van der Waals surface area contributed by atoms with Gasteiger partial charge in [0.05, 0.1) is 44.2 Å². The van der Waals surface area contributed by atoms with Crippen molar-refractivity contribution in [3.05, 3.63) is 23.8 Å². The summed E-state index contributed by atoms with van der Waals surface area (Å²) in [6, 6.07) is 0. The molecule has 5 aliphatic heterocycles. The molecule has 25 unspecified atom stereocenters. The first-order chi connectivity index (χ1) is 29.8. The molecule has 8 N–H and O–H groups in total. The van der Waals surface area contributed by atoms with Crippen molar-refractivity contribution in [1.29, 1.82) is 0 Å². The lowest BCUT2D eigenvalue weighted by Gasteiger charge is -2.60.